The monoisotopic (exact) mass is 318 g/mol. The average Bonchev–Trinajstić information content (AvgIpc) is 2.48. The van der Waals surface area contributed by atoms with Crippen molar-refractivity contribution in [1.29, 1.82) is 0 Å². The van der Waals surface area contributed by atoms with E-state index in [1.165, 1.54) is 25.1 Å². The van der Waals surface area contributed by atoms with Gasteiger partial charge in [0.1, 0.15) is 11.3 Å². The van der Waals surface area contributed by atoms with E-state index in [-0.39, 0.29) is 29.4 Å². The lowest BCUT2D eigenvalue weighted by molar-refractivity contribution is -0.131. The Kier molecular flexibility index (Phi) is 5.41. The number of allylic oxidation sites excluding steroid dienone is 1. The van der Waals surface area contributed by atoms with E-state index in [9.17, 15) is 14.7 Å². The number of carbonyl (C=O) groups is 1. The van der Waals surface area contributed by atoms with Crippen molar-refractivity contribution >= 4 is 16.9 Å². The third kappa shape index (κ3) is 4.12. The molecule has 1 N–H and O–H groups in total. The molecule has 2 aromatic rings. The van der Waals surface area contributed by atoms with Crippen LogP contribution in [0.4, 0.5) is 0 Å². The number of rotatable bonds is 6. The quantitative estimate of drug-likeness (QED) is 0.381. The Bertz CT molecular complexity index is 788. The summed E-state index contributed by atoms with van der Waals surface area (Å²) in [6.45, 7) is 3.50. The maximum absolute atomic E-state index is 12.1. The van der Waals surface area contributed by atoms with Gasteiger partial charge in [0.2, 0.25) is 5.75 Å². The summed E-state index contributed by atoms with van der Waals surface area (Å²) in [7, 11) is 0. The summed E-state index contributed by atoms with van der Waals surface area (Å²) in [4.78, 5) is 23.4. The van der Waals surface area contributed by atoms with Crippen molar-refractivity contribution in [2.75, 3.05) is 6.61 Å². The summed E-state index contributed by atoms with van der Waals surface area (Å²) >= 11 is 0. The van der Waals surface area contributed by atoms with Gasteiger partial charge in [0.05, 0.1) is 12.0 Å². The van der Waals surface area contributed by atoms with Crippen LogP contribution < -0.4 is 15.1 Å². The van der Waals surface area contributed by atoms with E-state index in [4.69, 9.17) is 13.9 Å². The lowest BCUT2D eigenvalue weighted by atomic mass is 10.2. The minimum atomic E-state index is -0.765. The topological polar surface area (TPSA) is 86.0 Å². The Morgan fingerprint density at radius 1 is 1.30 bits per heavy atom. The van der Waals surface area contributed by atoms with E-state index in [1.54, 1.807) is 0 Å². The molecule has 0 bridgehead atoms. The number of carbonyl (C=O) groups excluding carboxylic acids is 1. The molecule has 6 nitrogen and oxygen atoms in total. The highest BCUT2D eigenvalue weighted by Gasteiger charge is 2.19. The van der Waals surface area contributed by atoms with Gasteiger partial charge in [0.25, 0.3) is 0 Å². The second-order valence-electron chi connectivity index (χ2n) is 4.84. The molecule has 0 aliphatic carbocycles. The summed E-state index contributed by atoms with van der Waals surface area (Å²) in [5.41, 5.74) is -0.650. The Hall–Kier alpha value is -2.76. The zero-order chi connectivity index (χ0) is 16.8. The molecule has 1 aromatic heterocycles. The van der Waals surface area contributed by atoms with Crippen molar-refractivity contribution in [3.8, 4) is 17.2 Å². The molecule has 1 aromatic carbocycles. The second-order valence-corrected chi connectivity index (χ2v) is 4.84. The summed E-state index contributed by atoms with van der Waals surface area (Å²) in [5.74, 6) is -0.792. The van der Waals surface area contributed by atoms with E-state index < -0.39 is 11.6 Å². The molecule has 0 spiro atoms. The lowest BCUT2D eigenvalue weighted by Crippen LogP contribution is -2.12. The van der Waals surface area contributed by atoms with Crippen LogP contribution in [0.3, 0.4) is 0 Å². The van der Waals surface area contributed by atoms with Crippen LogP contribution in [0.15, 0.2) is 39.6 Å². The Morgan fingerprint density at radius 3 is 2.78 bits per heavy atom. The van der Waals surface area contributed by atoms with Crippen LogP contribution in [0.1, 0.15) is 26.7 Å². The van der Waals surface area contributed by atoms with Crippen LogP contribution in [-0.4, -0.2) is 17.7 Å². The van der Waals surface area contributed by atoms with E-state index in [0.717, 1.165) is 6.42 Å². The van der Waals surface area contributed by atoms with Gasteiger partial charge in [0.15, 0.2) is 5.75 Å². The molecule has 6 heteroatoms. The smallest absolute Gasteiger partial charge is 0.383 e. The van der Waals surface area contributed by atoms with Crippen LogP contribution in [-0.2, 0) is 4.79 Å². The van der Waals surface area contributed by atoms with Crippen LogP contribution in [0, 0.1) is 0 Å². The highest BCUT2D eigenvalue weighted by molar-refractivity contribution is 5.89. The van der Waals surface area contributed by atoms with Gasteiger partial charge in [-0.15, -0.1) is 0 Å². The number of esters is 1. The number of fused-ring (bicyclic) bond motifs is 1. The third-order valence-corrected chi connectivity index (χ3v) is 2.98. The zero-order valence-corrected chi connectivity index (χ0v) is 13.0. The summed E-state index contributed by atoms with van der Waals surface area (Å²) in [5, 5.41) is 9.85. The molecule has 23 heavy (non-hydrogen) atoms. The summed E-state index contributed by atoms with van der Waals surface area (Å²) in [6.07, 6.45) is 5.45. The first-order valence-electron chi connectivity index (χ1n) is 7.29. The minimum Gasteiger partial charge on any atom is -0.508 e. The van der Waals surface area contributed by atoms with Gasteiger partial charge in [-0.3, -0.25) is 4.79 Å². The molecule has 0 radical (unpaired) electrons. The molecule has 0 saturated heterocycles. The second kappa shape index (κ2) is 7.49. The molecular formula is C17H18O6. The fourth-order valence-electron chi connectivity index (χ4n) is 2.03. The van der Waals surface area contributed by atoms with Crippen molar-refractivity contribution in [2.45, 2.75) is 26.7 Å². The highest BCUT2D eigenvalue weighted by Crippen LogP contribution is 2.34. The summed E-state index contributed by atoms with van der Waals surface area (Å²) in [6, 6.07) is 4.18. The number of hydrogen-bond donors (Lipinski definition) is 1. The molecular weight excluding hydrogens is 300 g/mol. The van der Waals surface area contributed by atoms with E-state index in [0.29, 0.717) is 11.8 Å². The molecule has 0 amide bonds. The van der Waals surface area contributed by atoms with E-state index >= 15 is 0 Å². The number of phenols is 1. The predicted octanol–water partition coefficient (Wildman–Crippen LogP) is 3.16. The highest BCUT2D eigenvalue weighted by atomic mass is 16.6. The number of benzene rings is 1. The molecule has 122 valence electrons. The molecule has 0 aliphatic heterocycles. The normalized spacial score (nSPS) is 11.0. The Morgan fingerprint density at radius 2 is 2.09 bits per heavy atom. The lowest BCUT2D eigenvalue weighted by Gasteiger charge is -2.11. The molecule has 1 heterocycles. The van der Waals surface area contributed by atoms with Gasteiger partial charge in [-0.25, -0.2) is 4.79 Å². The number of ether oxygens (including phenoxy) is 2. The van der Waals surface area contributed by atoms with Crippen LogP contribution in [0.25, 0.3) is 11.0 Å². The Labute approximate surface area is 132 Å². The van der Waals surface area contributed by atoms with Gasteiger partial charge < -0.3 is 19.0 Å². The fourth-order valence-corrected chi connectivity index (χ4v) is 2.03. The van der Waals surface area contributed by atoms with Gasteiger partial charge >= 0.3 is 11.6 Å². The van der Waals surface area contributed by atoms with Gasteiger partial charge in [-0.05, 0) is 25.0 Å². The molecule has 0 unspecified atom stereocenters. The van der Waals surface area contributed by atoms with Crippen molar-refractivity contribution in [1.82, 2.24) is 0 Å². The predicted molar refractivity (Wildman–Crippen MR) is 85.0 cm³/mol. The average molecular weight is 318 g/mol. The van der Waals surface area contributed by atoms with E-state index in [2.05, 4.69) is 0 Å². The Balaban J connectivity index is 2.42. The van der Waals surface area contributed by atoms with Crippen LogP contribution in [0.2, 0.25) is 0 Å². The zero-order valence-electron chi connectivity index (χ0n) is 13.0. The SMILES string of the molecule is CC/C=C/CCOc1c(OC(C)=O)c2ccc(O)cc2oc1=O. The first-order chi connectivity index (χ1) is 11.0. The largest absolute Gasteiger partial charge is 0.508 e. The molecule has 0 atom stereocenters. The van der Waals surface area contributed by atoms with Crippen molar-refractivity contribution in [3.63, 3.8) is 0 Å². The van der Waals surface area contributed by atoms with Crippen molar-refractivity contribution < 1.29 is 23.8 Å². The molecule has 0 fully saturated rings. The van der Waals surface area contributed by atoms with Gasteiger partial charge in [-0.2, -0.15) is 0 Å². The van der Waals surface area contributed by atoms with Crippen LogP contribution in [0.5, 0.6) is 17.2 Å². The number of hydrogen-bond acceptors (Lipinski definition) is 6. The first-order valence-corrected chi connectivity index (χ1v) is 7.29. The molecule has 0 saturated carbocycles. The molecule has 2 rings (SSSR count). The van der Waals surface area contributed by atoms with E-state index in [1.807, 2.05) is 19.1 Å². The van der Waals surface area contributed by atoms with Crippen molar-refractivity contribution in [2.24, 2.45) is 0 Å². The first kappa shape index (κ1) is 16.6. The third-order valence-electron chi connectivity index (χ3n) is 2.98. The standard InChI is InChI=1S/C17H18O6/c1-3-4-5-6-9-21-16-15(22-11(2)18)13-8-7-12(19)10-14(13)23-17(16)20/h4-5,7-8,10,19H,3,6,9H2,1-2H3/b5-4+. The molecule has 0 aliphatic rings. The fraction of sp³-hybridized carbons (Fsp3) is 0.294. The maximum Gasteiger partial charge on any atom is 0.383 e. The minimum absolute atomic E-state index is 0.00298. The number of aromatic hydroxyl groups is 1. The van der Waals surface area contributed by atoms with Crippen molar-refractivity contribution in [3.05, 3.63) is 40.8 Å². The van der Waals surface area contributed by atoms with Crippen LogP contribution >= 0.6 is 0 Å². The van der Waals surface area contributed by atoms with Gasteiger partial charge in [0, 0.05) is 13.0 Å². The summed E-state index contributed by atoms with van der Waals surface area (Å²) < 4.78 is 15.7. The van der Waals surface area contributed by atoms with Gasteiger partial charge in [-0.1, -0.05) is 19.1 Å². The maximum atomic E-state index is 12.1. The number of phenolic OH excluding ortho intramolecular Hbond substituents is 1.